The number of hydrogen-bond acceptors (Lipinski definition) is 3. The molecular formula is C10H19NO2. The second-order valence-corrected chi connectivity index (χ2v) is 4.59. The van der Waals surface area contributed by atoms with Crippen molar-refractivity contribution in [2.75, 3.05) is 19.8 Å². The molecule has 3 N–H and O–H groups in total. The van der Waals surface area contributed by atoms with Gasteiger partial charge in [-0.1, -0.05) is 0 Å². The van der Waals surface area contributed by atoms with Crippen LogP contribution in [0.2, 0.25) is 0 Å². The quantitative estimate of drug-likeness (QED) is 0.671. The lowest BCUT2D eigenvalue weighted by molar-refractivity contribution is -0.0541. The summed E-state index contributed by atoms with van der Waals surface area (Å²) in [5, 5.41) is 9.25. The summed E-state index contributed by atoms with van der Waals surface area (Å²) >= 11 is 0. The van der Waals surface area contributed by atoms with Gasteiger partial charge in [0.2, 0.25) is 0 Å². The highest BCUT2D eigenvalue weighted by Crippen LogP contribution is 2.73. The number of rotatable bonds is 4. The molecule has 0 aliphatic heterocycles. The van der Waals surface area contributed by atoms with Crippen LogP contribution in [0.5, 0.6) is 0 Å². The Morgan fingerprint density at radius 1 is 1.54 bits per heavy atom. The van der Waals surface area contributed by atoms with Crippen molar-refractivity contribution < 1.29 is 9.84 Å². The normalized spacial score (nSPS) is 47.8. The van der Waals surface area contributed by atoms with Crippen LogP contribution in [-0.4, -0.2) is 31.0 Å². The Balaban J connectivity index is 1.86. The molecule has 2 rings (SSSR count). The summed E-state index contributed by atoms with van der Waals surface area (Å²) in [5.74, 6) is 0. The van der Waals surface area contributed by atoms with Crippen LogP contribution < -0.4 is 5.73 Å². The van der Waals surface area contributed by atoms with Crippen LogP contribution in [-0.2, 0) is 4.74 Å². The molecule has 1 spiro atoms. The van der Waals surface area contributed by atoms with E-state index < -0.39 is 0 Å². The second-order valence-electron chi connectivity index (χ2n) is 4.59. The van der Waals surface area contributed by atoms with Crippen LogP contribution in [0.4, 0.5) is 0 Å². The molecule has 0 heterocycles. The number of ether oxygens (including phenoxy) is 1. The predicted octanol–water partition coefficient (Wildman–Crippen LogP) is 0.513. The largest absolute Gasteiger partial charge is 0.396 e. The SMILES string of the molecule is CCOC1CC2(C1)CC2(CN)CO. The van der Waals surface area contributed by atoms with E-state index in [0.717, 1.165) is 25.9 Å². The first-order chi connectivity index (χ1) is 6.22. The molecule has 1 unspecified atom stereocenters. The summed E-state index contributed by atoms with van der Waals surface area (Å²) in [6.45, 7) is 3.71. The van der Waals surface area contributed by atoms with E-state index in [4.69, 9.17) is 10.5 Å². The van der Waals surface area contributed by atoms with Gasteiger partial charge in [-0.05, 0) is 31.6 Å². The first kappa shape index (κ1) is 9.44. The Kier molecular flexibility index (Phi) is 2.13. The maximum Gasteiger partial charge on any atom is 0.0586 e. The van der Waals surface area contributed by atoms with Crippen LogP contribution in [0.25, 0.3) is 0 Å². The summed E-state index contributed by atoms with van der Waals surface area (Å²) in [7, 11) is 0. The Hall–Kier alpha value is -0.120. The Bertz CT molecular complexity index is 195. The molecule has 13 heavy (non-hydrogen) atoms. The van der Waals surface area contributed by atoms with Gasteiger partial charge < -0.3 is 15.6 Å². The average Bonchev–Trinajstić information content (AvgIpc) is 2.75. The third-order valence-electron chi connectivity index (χ3n) is 4.01. The van der Waals surface area contributed by atoms with Crippen molar-refractivity contribution in [2.45, 2.75) is 32.3 Å². The standard InChI is InChI=1S/C10H19NO2/c1-2-13-8-3-9(4-8)5-10(9,6-11)7-12/h8,12H,2-7,11H2,1H3. The van der Waals surface area contributed by atoms with Crippen molar-refractivity contribution in [3.8, 4) is 0 Å². The monoisotopic (exact) mass is 185 g/mol. The van der Waals surface area contributed by atoms with Crippen LogP contribution in [0, 0.1) is 10.8 Å². The molecule has 2 aliphatic rings. The zero-order valence-electron chi connectivity index (χ0n) is 8.25. The van der Waals surface area contributed by atoms with Gasteiger partial charge in [0.05, 0.1) is 12.7 Å². The molecule has 0 aromatic carbocycles. The van der Waals surface area contributed by atoms with Gasteiger partial charge in [-0.3, -0.25) is 0 Å². The minimum absolute atomic E-state index is 0.0562. The van der Waals surface area contributed by atoms with Crippen molar-refractivity contribution in [3.63, 3.8) is 0 Å². The Morgan fingerprint density at radius 2 is 2.23 bits per heavy atom. The summed E-state index contributed by atoms with van der Waals surface area (Å²) in [6.07, 6.45) is 3.76. The van der Waals surface area contributed by atoms with Gasteiger partial charge in [-0.15, -0.1) is 0 Å². The maximum atomic E-state index is 9.25. The van der Waals surface area contributed by atoms with E-state index in [0.29, 0.717) is 18.1 Å². The molecule has 0 radical (unpaired) electrons. The highest BCUT2D eigenvalue weighted by molar-refractivity contribution is 5.21. The Labute approximate surface area is 79.3 Å². The molecule has 0 aromatic rings. The molecule has 2 fully saturated rings. The minimum atomic E-state index is 0.0562. The zero-order chi connectivity index (χ0) is 9.53. The highest BCUT2D eigenvalue weighted by Gasteiger charge is 2.71. The fraction of sp³-hybridized carbons (Fsp3) is 1.00. The molecular weight excluding hydrogens is 166 g/mol. The third-order valence-corrected chi connectivity index (χ3v) is 4.01. The molecule has 2 aliphatic carbocycles. The van der Waals surface area contributed by atoms with Crippen LogP contribution >= 0.6 is 0 Å². The molecule has 1 atom stereocenters. The van der Waals surface area contributed by atoms with Gasteiger partial charge in [0.15, 0.2) is 0 Å². The molecule has 0 saturated heterocycles. The van der Waals surface area contributed by atoms with Crippen LogP contribution in [0.3, 0.4) is 0 Å². The molecule has 2 saturated carbocycles. The van der Waals surface area contributed by atoms with Crippen LogP contribution in [0.1, 0.15) is 26.2 Å². The first-order valence-corrected chi connectivity index (χ1v) is 5.14. The van der Waals surface area contributed by atoms with E-state index >= 15 is 0 Å². The van der Waals surface area contributed by atoms with E-state index in [1.807, 2.05) is 6.92 Å². The molecule has 3 nitrogen and oxygen atoms in total. The number of aliphatic hydroxyl groups is 1. The molecule has 0 amide bonds. The lowest BCUT2D eigenvalue weighted by Crippen LogP contribution is -2.40. The number of aliphatic hydroxyl groups excluding tert-OH is 1. The van der Waals surface area contributed by atoms with E-state index in [1.165, 1.54) is 0 Å². The van der Waals surface area contributed by atoms with Gasteiger partial charge in [-0.25, -0.2) is 0 Å². The number of hydrogen-bond donors (Lipinski definition) is 2. The summed E-state index contributed by atoms with van der Waals surface area (Å²) in [5.41, 5.74) is 6.10. The minimum Gasteiger partial charge on any atom is -0.396 e. The molecule has 76 valence electrons. The zero-order valence-corrected chi connectivity index (χ0v) is 8.25. The summed E-state index contributed by atoms with van der Waals surface area (Å²) in [6, 6.07) is 0. The van der Waals surface area contributed by atoms with Gasteiger partial charge in [0, 0.05) is 18.6 Å². The Morgan fingerprint density at radius 3 is 2.62 bits per heavy atom. The maximum absolute atomic E-state index is 9.25. The van der Waals surface area contributed by atoms with Crippen molar-refractivity contribution >= 4 is 0 Å². The second kappa shape index (κ2) is 2.94. The molecule has 0 aromatic heterocycles. The van der Waals surface area contributed by atoms with E-state index in [1.54, 1.807) is 0 Å². The fourth-order valence-electron chi connectivity index (χ4n) is 2.92. The van der Waals surface area contributed by atoms with Gasteiger partial charge in [-0.2, -0.15) is 0 Å². The summed E-state index contributed by atoms with van der Waals surface area (Å²) in [4.78, 5) is 0. The van der Waals surface area contributed by atoms with E-state index in [9.17, 15) is 5.11 Å². The lowest BCUT2D eigenvalue weighted by Gasteiger charge is -2.39. The van der Waals surface area contributed by atoms with E-state index in [2.05, 4.69) is 0 Å². The van der Waals surface area contributed by atoms with Gasteiger partial charge in [0.25, 0.3) is 0 Å². The van der Waals surface area contributed by atoms with Gasteiger partial charge >= 0.3 is 0 Å². The lowest BCUT2D eigenvalue weighted by atomic mass is 9.73. The van der Waals surface area contributed by atoms with Crippen molar-refractivity contribution in [1.82, 2.24) is 0 Å². The molecule has 3 heteroatoms. The highest BCUT2D eigenvalue weighted by atomic mass is 16.5. The topological polar surface area (TPSA) is 55.5 Å². The predicted molar refractivity (Wildman–Crippen MR) is 50.3 cm³/mol. The van der Waals surface area contributed by atoms with Gasteiger partial charge in [0.1, 0.15) is 0 Å². The smallest absolute Gasteiger partial charge is 0.0586 e. The third kappa shape index (κ3) is 1.14. The fourth-order valence-corrected chi connectivity index (χ4v) is 2.92. The van der Waals surface area contributed by atoms with E-state index in [-0.39, 0.29) is 12.0 Å². The first-order valence-electron chi connectivity index (χ1n) is 5.14. The van der Waals surface area contributed by atoms with Crippen LogP contribution in [0.15, 0.2) is 0 Å². The number of nitrogens with two attached hydrogens (primary N) is 1. The summed E-state index contributed by atoms with van der Waals surface area (Å²) < 4.78 is 5.51. The van der Waals surface area contributed by atoms with Crippen molar-refractivity contribution in [3.05, 3.63) is 0 Å². The van der Waals surface area contributed by atoms with Crippen molar-refractivity contribution in [1.29, 1.82) is 0 Å². The molecule has 0 bridgehead atoms. The van der Waals surface area contributed by atoms with Crippen molar-refractivity contribution in [2.24, 2.45) is 16.6 Å². The average molecular weight is 185 g/mol.